The first-order valence-corrected chi connectivity index (χ1v) is 8.58. The summed E-state index contributed by atoms with van der Waals surface area (Å²) in [5.41, 5.74) is 2.53. The number of hydrazone groups is 1. The molecule has 0 fully saturated rings. The molecule has 0 aliphatic carbocycles. The van der Waals surface area contributed by atoms with E-state index in [2.05, 4.69) is 26.5 Å². The highest BCUT2D eigenvalue weighted by molar-refractivity contribution is 9.10. The summed E-state index contributed by atoms with van der Waals surface area (Å²) in [4.78, 5) is 32.6. The van der Waals surface area contributed by atoms with Gasteiger partial charge in [-0.1, -0.05) is 0 Å². The van der Waals surface area contributed by atoms with Crippen LogP contribution in [0.3, 0.4) is 0 Å². The summed E-state index contributed by atoms with van der Waals surface area (Å²) in [6, 6.07) is 5.25. The molecule has 136 valence electrons. The number of ether oxygens (including phenoxy) is 1. The number of nitro benzene ring substituents is 1. The van der Waals surface area contributed by atoms with Gasteiger partial charge in [0.2, 0.25) is 0 Å². The van der Waals surface area contributed by atoms with Gasteiger partial charge in [0.1, 0.15) is 5.75 Å². The molecule has 0 atom stereocenters. The Morgan fingerprint density at radius 2 is 1.96 bits per heavy atom. The zero-order valence-corrected chi connectivity index (χ0v) is 15.6. The maximum Gasteiger partial charge on any atom is 0.280 e. The molecule has 2 rings (SSSR count). The van der Waals surface area contributed by atoms with Gasteiger partial charge in [0.05, 0.1) is 30.3 Å². The lowest BCUT2D eigenvalue weighted by Crippen LogP contribution is -2.25. The van der Waals surface area contributed by atoms with Crippen molar-refractivity contribution in [3.05, 3.63) is 59.2 Å². The van der Waals surface area contributed by atoms with Crippen molar-refractivity contribution in [2.24, 2.45) is 5.10 Å². The van der Waals surface area contributed by atoms with Crippen molar-refractivity contribution >= 4 is 50.3 Å². The molecule has 12 heteroatoms. The van der Waals surface area contributed by atoms with Gasteiger partial charge in [-0.3, -0.25) is 25.0 Å². The minimum absolute atomic E-state index is 0.0442. The molecule has 26 heavy (non-hydrogen) atoms. The van der Waals surface area contributed by atoms with E-state index in [-0.39, 0.29) is 23.7 Å². The van der Waals surface area contributed by atoms with E-state index in [4.69, 9.17) is 4.74 Å². The van der Waals surface area contributed by atoms with E-state index >= 15 is 0 Å². The first kappa shape index (κ1) is 19.5. The fraction of sp³-hybridized carbons (Fsp3) is 0.143. The number of halogens is 1. The fourth-order valence-electron chi connectivity index (χ4n) is 1.71. The molecule has 1 aromatic carbocycles. The standard InChI is InChI=1S/C14H11BrN4O6S/c1-8(13-5-10(7-26-13)19(23)24)16-17-14(20)6-25-12-3-2-9(18(21)22)4-11(12)15/h2-5,7H,6H2,1H3,(H,17,20)/b16-8-. The molecule has 0 spiro atoms. The molecule has 1 amide bonds. The van der Waals surface area contributed by atoms with Gasteiger partial charge >= 0.3 is 0 Å². The maximum absolute atomic E-state index is 11.8. The number of carbonyl (C=O) groups is 1. The van der Waals surface area contributed by atoms with Crippen molar-refractivity contribution in [1.82, 2.24) is 5.43 Å². The van der Waals surface area contributed by atoms with Crippen LogP contribution in [0.2, 0.25) is 0 Å². The summed E-state index contributed by atoms with van der Waals surface area (Å²) in [5, 5.41) is 26.6. The highest BCUT2D eigenvalue weighted by atomic mass is 79.9. The summed E-state index contributed by atoms with van der Waals surface area (Å²) in [5.74, 6) is -0.291. The SMILES string of the molecule is C/C(=N/NC(=O)COc1ccc([N+](=O)[O-])cc1Br)c1cc([N+](=O)[O-])cs1. The topological polar surface area (TPSA) is 137 Å². The molecular formula is C14H11BrN4O6S. The van der Waals surface area contributed by atoms with Gasteiger partial charge in [0.25, 0.3) is 17.3 Å². The first-order valence-electron chi connectivity index (χ1n) is 6.91. The van der Waals surface area contributed by atoms with Crippen LogP contribution in [0, 0.1) is 20.2 Å². The van der Waals surface area contributed by atoms with Crippen molar-refractivity contribution in [2.75, 3.05) is 6.61 Å². The largest absolute Gasteiger partial charge is 0.483 e. The predicted molar refractivity (Wildman–Crippen MR) is 97.6 cm³/mol. The average molecular weight is 443 g/mol. The lowest BCUT2D eigenvalue weighted by atomic mass is 10.3. The molecule has 0 saturated carbocycles. The van der Waals surface area contributed by atoms with Gasteiger partial charge in [-0.2, -0.15) is 5.10 Å². The normalized spacial score (nSPS) is 11.1. The number of nitrogens with one attached hydrogen (secondary N) is 1. The summed E-state index contributed by atoms with van der Waals surface area (Å²) in [7, 11) is 0. The molecule has 0 radical (unpaired) electrons. The van der Waals surface area contributed by atoms with Crippen LogP contribution < -0.4 is 10.2 Å². The molecule has 0 unspecified atom stereocenters. The van der Waals surface area contributed by atoms with Crippen LogP contribution in [0.4, 0.5) is 11.4 Å². The minimum Gasteiger partial charge on any atom is -0.483 e. The van der Waals surface area contributed by atoms with Crippen LogP contribution in [0.25, 0.3) is 0 Å². The van der Waals surface area contributed by atoms with E-state index in [1.807, 2.05) is 0 Å². The van der Waals surface area contributed by atoms with Gasteiger partial charge in [-0.05, 0) is 28.9 Å². The van der Waals surface area contributed by atoms with Gasteiger partial charge < -0.3 is 4.74 Å². The van der Waals surface area contributed by atoms with Crippen LogP contribution in [0.15, 0.2) is 39.2 Å². The number of carbonyl (C=O) groups excluding carboxylic acids is 1. The molecule has 1 N–H and O–H groups in total. The first-order chi connectivity index (χ1) is 12.3. The van der Waals surface area contributed by atoms with Gasteiger partial charge in [-0.15, -0.1) is 11.3 Å². The second-order valence-electron chi connectivity index (χ2n) is 4.82. The zero-order valence-electron chi connectivity index (χ0n) is 13.2. The molecule has 2 aromatic rings. The second kappa shape index (κ2) is 8.49. The van der Waals surface area contributed by atoms with Crippen molar-refractivity contribution in [3.8, 4) is 5.75 Å². The van der Waals surface area contributed by atoms with Crippen molar-refractivity contribution < 1.29 is 19.4 Å². The third-order valence-electron chi connectivity index (χ3n) is 2.99. The van der Waals surface area contributed by atoms with Crippen LogP contribution >= 0.6 is 27.3 Å². The summed E-state index contributed by atoms with van der Waals surface area (Å²) < 4.78 is 5.61. The fourth-order valence-corrected chi connectivity index (χ4v) is 3.00. The Balaban J connectivity index is 1.92. The molecule has 10 nitrogen and oxygen atoms in total. The number of hydrogen-bond donors (Lipinski definition) is 1. The highest BCUT2D eigenvalue weighted by Crippen LogP contribution is 2.29. The molecule has 1 aromatic heterocycles. The summed E-state index contributed by atoms with van der Waals surface area (Å²) in [6.45, 7) is 1.24. The zero-order chi connectivity index (χ0) is 19.3. The average Bonchev–Trinajstić information content (AvgIpc) is 3.08. The quantitative estimate of drug-likeness (QED) is 0.396. The van der Waals surface area contributed by atoms with Crippen LogP contribution in [0.5, 0.6) is 5.75 Å². The Hall–Kier alpha value is -2.86. The predicted octanol–water partition coefficient (Wildman–Crippen LogP) is 3.25. The number of nitrogens with zero attached hydrogens (tertiary/aromatic N) is 3. The van der Waals surface area contributed by atoms with E-state index in [1.54, 1.807) is 6.92 Å². The smallest absolute Gasteiger partial charge is 0.280 e. The van der Waals surface area contributed by atoms with E-state index in [9.17, 15) is 25.0 Å². The van der Waals surface area contributed by atoms with Gasteiger partial charge in [0, 0.05) is 18.2 Å². The molecule has 0 aliphatic rings. The monoisotopic (exact) mass is 442 g/mol. The Morgan fingerprint density at radius 3 is 2.54 bits per heavy atom. The van der Waals surface area contributed by atoms with Crippen LogP contribution in [0.1, 0.15) is 11.8 Å². The highest BCUT2D eigenvalue weighted by Gasteiger charge is 2.13. The van der Waals surface area contributed by atoms with Crippen LogP contribution in [-0.2, 0) is 4.79 Å². The maximum atomic E-state index is 11.8. The number of non-ortho nitro benzene ring substituents is 1. The third-order valence-corrected chi connectivity index (χ3v) is 4.63. The van der Waals surface area contributed by atoms with Crippen molar-refractivity contribution in [1.29, 1.82) is 0 Å². The van der Waals surface area contributed by atoms with E-state index in [1.165, 1.54) is 29.6 Å². The number of rotatable bonds is 7. The molecular weight excluding hydrogens is 432 g/mol. The lowest BCUT2D eigenvalue weighted by molar-refractivity contribution is -0.385. The number of thiophene rings is 1. The van der Waals surface area contributed by atoms with E-state index < -0.39 is 15.8 Å². The molecule has 1 heterocycles. The van der Waals surface area contributed by atoms with Crippen LogP contribution in [-0.4, -0.2) is 28.1 Å². The number of nitro groups is 2. The summed E-state index contributed by atoms with van der Waals surface area (Å²) in [6.07, 6.45) is 0. The second-order valence-corrected chi connectivity index (χ2v) is 6.58. The number of benzene rings is 1. The Bertz CT molecular complexity index is 897. The third kappa shape index (κ3) is 5.07. The number of amides is 1. The number of hydrogen-bond acceptors (Lipinski definition) is 8. The van der Waals surface area contributed by atoms with E-state index in [0.29, 0.717) is 15.1 Å². The molecule has 0 saturated heterocycles. The van der Waals surface area contributed by atoms with E-state index in [0.717, 1.165) is 11.3 Å². The Morgan fingerprint density at radius 1 is 1.27 bits per heavy atom. The molecule has 0 bridgehead atoms. The van der Waals surface area contributed by atoms with Crippen molar-refractivity contribution in [3.63, 3.8) is 0 Å². The Labute approximate surface area is 158 Å². The molecule has 0 aliphatic heterocycles. The van der Waals surface area contributed by atoms with Crippen molar-refractivity contribution in [2.45, 2.75) is 6.92 Å². The van der Waals surface area contributed by atoms with Gasteiger partial charge in [0.15, 0.2) is 6.61 Å². The lowest BCUT2D eigenvalue weighted by Gasteiger charge is -2.07. The van der Waals surface area contributed by atoms with Gasteiger partial charge in [-0.25, -0.2) is 5.43 Å². The summed E-state index contributed by atoms with van der Waals surface area (Å²) >= 11 is 4.27. The Kier molecular flexibility index (Phi) is 6.36. The minimum atomic E-state index is -0.555.